The second-order valence-corrected chi connectivity index (χ2v) is 10.0. The molecule has 0 saturated heterocycles. The minimum Gasteiger partial charge on any atom is -0.494 e. The van der Waals surface area contributed by atoms with E-state index in [4.69, 9.17) is 9.47 Å². The highest BCUT2D eigenvalue weighted by molar-refractivity contribution is 5.69. The maximum Gasteiger partial charge on any atom is 0.119 e. The first kappa shape index (κ1) is 29.4. The number of hydrazine groups is 1. The monoisotopic (exact) mass is 516 g/mol. The van der Waals surface area contributed by atoms with Crippen molar-refractivity contribution in [2.24, 2.45) is 0 Å². The standard InChI is InChI=1S/C34H48N2O2/c1-3-5-7-9-11-16-28-37-33-24-20-31(21-25-33)36(35-30-18-14-13-15-19-30)32-22-26-34(27-23-32)38-29-17-12-10-8-6-4-2/h13-15,18-27,35H,3-12,16-17,28-29H2,1-2H3. The second kappa shape index (κ2) is 18.2. The van der Waals surface area contributed by atoms with Crippen LogP contribution in [0.15, 0.2) is 78.9 Å². The summed E-state index contributed by atoms with van der Waals surface area (Å²) in [5.41, 5.74) is 6.67. The van der Waals surface area contributed by atoms with E-state index in [0.29, 0.717) is 0 Å². The molecule has 4 heteroatoms. The Labute approximate surface area is 231 Å². The van der Waals surface area contributed by atoms with Gasteiger partial charge in [0.1, 0.15) is 11.5 Å². The summed E-state index contributed by atoms with van der Waals surface area (Å²) in [6.45, 7) is 6.06. The van der Waals surface area contributed by atoms with Crippen LogP contribution >= 0.6 is 0 Å². The lowest BCUT2D eigenvalue weighted by molar-refractivity contribution is 0.304. The molecule has 0 aliphatic heterocycles. The van der Waals surface area contributed by atoms with Crippen molar-refractivity contribution < 1.29 is 9.47 Å². The number of para-hydroxylation sites is 1. The third-order valence-electron chi connectivity index (χ3n) is 6.74. The molecule has 0 radical (unpaired) electrons. The maximum absolute atomic E-state index is 6.01. The van der Waals surface area contributed by atoms with Crippen LogP contribution in [0.4, 0.5) is 17.1 Å². The summed E-state index contributed by atoms with van der Waals surface area (Å²) in [4.78, 5) is 0. The highest BCUT2D eigenvalue weighted by atomic mass is 16.5. The number of hydrogen-bond donors (Lipinski definition) is 1. The molecule has 0 unspecified atom stereocenters. The van der Waals surface area contributed by atoms with Crippen molar-refractivity contribution in [1.29, 1.82) is 0 Å². The van der Waals surface area contributed by atoms with Gasteiger partial charge in [-0.3, -0.25) is 10.4 Å². The fourth-order valence-electron chi connectivity index (χ4n) is 4.45. The van der Waals surface area contributed by atoms with Gasteiger partial charge in [0, 0.05) is 0 Å². The summed E-state index contributed by atoms with van der Waals surface area (Å²) in [7, 11) is 0. The van der Waals surface area contributed by atoms with Gasteiger partial charge in [-0.1, -0.05) is 96.3 Å². The van der Waals surface area contributed by atoms with E-state index in [1.807, 2.05) is 18.2 Å². The molecule has 38 heavy (non-hydrogen) atoms. The van der Waals surface area contributed by atoms with Crippen molar-refractivity contribution in [2.75, 3.05) is 23.6 Å². The lowest BCUT2D eigenvalue weighted by Crippen LogP contribution is -2.24. The molecule has 0 aliphatic carbocycles. The smallest absolute Gasteiger partial charge is 0.119 e. The van der Waals surface area contributed by atoms with Crippen LogP contribution in [0, 0.1) is 0 Å². The minimum absolute atomic E-state index is 0.775. The van der Waals surface area contributed by atoms with Crippen LogP contribution in [0.2, 0.25) is 0 Å². The zero-order chi connectivity index (χ0) is 26.7. The fourth-order valence-corrected chi connectivity index (χ4v) is 4.45. The van der Waals surface area contributed by atoms with E-state index < -0.39 is 0 Å². The highest BCUT2D eigenvalue weighted by Gasteiger charge is 2.11. The number of unbranched alkanes of at least 4 members (excludes halogenated alkanes) is 10. The fraction of sp³-hybridized carbons (Fsp3) is 0.471. The van der Waals surface area contributed by atoms with Crippen molar-refractivity contribution in [3.05, 3.63) is 78.9 Å². The summed E-state index contributed by atoms with van der Waals surface area (Å²) >= 11 is 0. The molecule has 3 aromatic rings. The van der Waals surface area contributed by atoms with Crippen LogP contribution in [-0.4, -0.2) is 13.2 Å². The summed E-state index contributed by atoms with van der Waals surface area (Å²) in [5.74, 6) is 1.83. The maximum atomic E-state index is 6.01. The van der Waals surface area contributed by atoms with Gasteiger partial charge in [0.25, 0.3) is 0 Å². The van der Waals surface area contributed by atoms with Gasteiger partial charge in [0.05, 0.1) is 30.3 Å². The third-order valence-corrected chi connectivity index (χ3v) is 6.74. The van der Waals surface area contributed by atoms with Crippen LogP contribution in [0.25, 0.3) is 0 Å². The van der Waals surface area contributed by atoms with Gasteiger partial charge in [-0.05, 0) is 73.5 Å². The number of nitrogens with zero attached hydrogens (tertiary/aromatic N) is 1. The molecule has 0 aromatic heterocycles. The average Bonchev–Trinajstić information content (AvgIpc) is 2.96. The molecular formula is C34H48N2O2. The van der Waals surface area contributed by atoms with Crippen LogP contribution in [0.5, 0.6) is 11.5 Å². The minimum atomic E-state index is 0.775. The van der Waals surface area contributed by atoms with Gasteiger partial charge in [0.2, 0.25) is 0 Å². The molecule has 0 fully saturated rings. The van der Waals surface area contributed by atoms with Gasteiger partial charge in [-0.25, -0.2) is 0 Å². The number of benzene rings is 3. The molecule has 0 bridgehead atoms. The first-order valence-electron chi connectivity index (χ1n) is 14.9. The van der Waals surface area contributed by atoms with E-state index in [9.17, 15) is 0 Å². The number of ether oxygens (including phenoxy) is 2. The molecular weight excluding hydrogens is 468 g/mol. The van der Waals surface area contributed by atoms with E-state index in [0.717, 1.165) is 54.6 Å². The van der Waals surface area contributed by atoms with E-state index in [-0.39, 0.29) is 0 Å². The lowest BCUT2D eigenvalue weighted by atomic mass is 10.1. The van der Waals surface area contributed by atoms with Crippen LogP contribution < -0.4 is 19.9 Å². The van der Waals surface area contributed by atoms with Gasteiger partial charge in [0.15, 0.2) is 0 Å². The quantitative estimate of drug-likeness (QED) is 0.120. The number of rotatable bonds is 20. The molecule has 0 heterocycles. The largest absolute Gasteiger partial charge is 0.494 e. The van der Waals surface area contributed by atoms with Crippen molar-refractivity contribution in [1.82, 2.24) is 0 Å². The summed E-state index contributed by atoms with van der Waals surface area (Å²) in [6, 6.07) is 26.9. The van der Waals surface area contributed by atoms with Gasteiger partial charge < -0.3 is 9.47 Å². The Morgan fingerprint density at radius 1 is 0.500 bits per heavy atom. The first-order chi connectivity index (χ1) is 18.8. The molecule has 0 spiro atoms. The number of anilines is 3. The van der Waals surface area contributed by atoms with Crippen LogP contribution in [0.3, 0.4) is 0 Å². The molecule has 0 amide bonds. The van der Waals surface area contributed by atoms with Crippen LogP contribution in [0.1, 0.15) is 90.9 Å². The predicted molar refractivity (Wildman–Crippen MR) is 163 cm³/mol. The van der Waals surface area contributed by atoms with Gasteiger partial charge in [-0.2, -0.15) is 0 Å². The number of hydrogen-bond acceptors (Lipinski definition) is 4. The molecule has 3 aromatic carbocycles. The Hall–Kier alpha value is -3.14. The SMILES string of the molecule is CCCCCCCCOc1ccc(N(Nc2ccccc2)c2ccc(OCCCCCCCC)cc2)cc1. The number of nitrogens with one attached hydrogen (secondary N) is 1. The third kappa shape index (κ3) is 11.1. The van der Waals surface area contributed by atoms with Crippen molar-refractivity contribution in [3.63, 3.8) is 0 Å². The molecule has 4 nitrogen and oxygen atoms in total. The molecule has 206 valence electrons. The Morgan fingerprint density at radius 2 is 0.921 bits per heavy atom. The Morgan fingerprint density at radius 3 is 1.37 bits per heavy atom. The van der Waals surface area contributed by atoms with E-state index >= 15 is 0 Å². The van der Waals surface area contributed by atoms with Gasteiger partial charge >= 0.3 is 0 Å². The normalized spacial score (nSPS) is 10.8. The summed E-state index contributed by atoms with van der Waals surface area (Å²) < 4.78 is 12.0. The second-order valence-electron chi connectivity index (χ2n) is 10.0. The molecule has 0 aliphatic rings. The molecule has 0 saturated carbocycles. The van der Waals surface area contributed by atoms with Crippen molar-refractivity contribution in [2.45, 2.75) is 90.9 Å². The van der Waals surface area contributed by atoms with Crippen LogP contribution in [-0.2, 0) is 0 Å². The Kier molecular flexibility index (Phi) is 14.1. The first-order valence-corrected chi connectivity index (χ1v) is 14.9. The van der Waals surface area contributed by atoms with Crippen molar-refractivity contribution >= 4 is 17.1 Å². The Bertz CT molecular complexity index is 912. The van der Waals surface area contributed by atoms with E-state index in [1.54, 1.807) is 0 Å². The highest BCUT2D eigenvalue weighted by Crippen LogP contribution is 2.29. The zero-order valence-corrected chi connectivity index (χ0v) is 23.7. The summed E-state index contributed by atoms with van der Waals surface area (Å²) in [6.07, 6.45) is 15.2. The topological polar surface area (TPSA) is 33.7 Å². The molecule has 0 atom stereocenters. The van der Waals surface area contributed by atoms with E-state index in [1.165, 1.54) is 64.2 Å². The lowest BCUT2D eigenvalue weighted by Gasteiger charge is -2.27. The van der Waals surface area contributed by atoms with Crippen molar-refractivity contribution in [3.8, 4) is 11.5 Å². The summed E-state index contributed by atoms with van der Waals surface area (Å²) in [5, 5.41) is 2.10. The van der Waals surface area contributed by atoms with Gasteiger partial charge in [-0.15, -0.1) is 0 Å². The molecule has 3 rings (SSSR count). The average molecular weight is 517 g/mol. The molecule has 1 N–H and O–H groups in total. The van der Waals surface area contributed by atoms with E-state index in [2.05, 4.69) is 84.9 Å². The Balaban J connectivity index is 1.56. The predicted octanol–water partition coefficient (Wildman–Crippen LogP) is 10.3. The zero-order valence-electron chi connectivity index (χ0n) is 23.7.